The lowest BCUT2D eigenvalue weighted by atomic mass is 10.1. The van der Waals surface area contributed by atoms with Crippen molar-refractivity contribution in [1.29, 1.82) is 0 Å². The molecule has 0 aromatic heterocycles. The molecule has 1 saturated heterocycles. The SMILES string of the molecule is C=CC(=C)C1C(C)([N+](=C)C(=C)/C=C\C)[N+]1(OC)OC. The smallest absolute Gasteiger partial charge is 0.164 e. The Labute approximate surface area is 115 Å². The van der Waals surface area contributed by atoms with Gasteiger partial charge >= 0.3 is 11.7 Å². The van der Waals surface area contributed by atoms with Crippen molar-refractivity contribution in [3.8, 4) is 0 Å². The van der Waals surface area contributed by atoms with Crippen LogP contribution in [-0.2, 0) is 9.68 Å². The molecule has 0 amide bonds. The number of hydrogen-bond acceptors (Lipinski definition) is 2. The number of hydrogen-bond donors (Lipinski definition) is 0. The Bertz CT molecular complexity index is 461. The van der Waals surface area contributed by atoms with Gasteiger partial charge in [-0.3, -0.25) is 0 Å². The molecule has 4 heteroatoms. The fourth-order valence-corrected chi connectivity index (χ4v) is 2.70. The Morgan fingerprint density at radius 3 is 2.21 bits per heavy atom. The summed E-state index contributed by atoms with van der Waals surface area (Å²) in [5, 5.41) is 0. The first-order valence-corrected chi connectivity index (χ1v) is 6.11. The molecule has 2 unspecified atom stereocenters. The maximum absolute atomic E-state index is 5.56. The van der Waals surface area contributed by atoms with Gasteiger partial charge in [0.15, 0.2) is 0 Å². The molecule has 0 bridgehead atoms. The third-order valence-electron chi connectivity index (χ3n) is 3.83. The lowest BCUT2D eigenvalue weighted by molar-refractivity contribution is -1.20. The van der Waals surface area contributed by atoms with Crippen LogP contribution < -0.4 is 0 Å². The first-order chi connectivity index (χ1) is 8.87. The van der Waals surface area contributed by atoms with E-state index in [9.17, 15) is 0 Å². The van der Waals surface area contributed by atoms with Crippen molar-refractivity contribution in [2.45, 2.75) is 25.6 Å². The van der Waals surface area contributed by atoms with Crippen molar-refractivity contribution in [3.63, 3.8) is 0 Å². The molecule has 0 aromatic carbocycles. The molecule has 0 spiro atoms. The van der Waals surface area contributed by atoms with E-state index in [4.69, 9.17) is 9.68 Å². The van der Waals surface area contributed by atoms with Crippen molar-refractivity contribution < 1.29 is 19.1 Å². The minimum atomic E-state index is -0.522. The molecule has 1 aliphatic rings. The lowest BCUT2D eigenvalue weighted by Crippen LogP contribution is -2.39. The van der Waals surface area contributed by atoms with Gasteiger partial charge in [-0.1, -0.05) is 25.3 Å². The van der Waals surface area contributed by atoms with E-state index in [2.05, 4.69) is 26.5 Å². The van der Waals surface area contributed by atoms with E-state index in [0.29, 0.717) is 0 Å². The predicted molar refractivity (Wildman–Crippen MR) is 77.1 cm³/mol. The van der Waals surface area contributed by atoms with Gasteiger partial charge in [0.05, 0.1) is 21.1 Å². The zero-order valence-corrected chi connectivity index (χ0v) is 12.3. The minimum Gasteiger partial charge on any atom is -0.164 e. The molecule has 1 heterocycles. The zero-order valence-electron chi connectivity index (χ0n) is 12.3. The van der Waals surface area contributed by atoms with Crippen LogP contribution in [0.1, 0.15) is 13.8 Å². The summed E-state index contributed by atoms with van der Waals surface area (Å²) in [5.41, 5.74) is 1.10. The molecule has 0 radical (unpaired) electrons. The van der Waals surface area contributed by atoms with E-state index in [-0.39, 0.29) is 10.9 Å². The van der Waals surface area contributed by atoms with Gasteiger partial charge in [-0.15, -0.1) is 4.58 Å². The molecule has 2 atom stereocenters. The molecule has 1 fully saturated rings. The molecule has 4 nitrogen and oxygen atoms in total. The van der Waals surface area contributed by atoms with Gasteiger partial charge in [0.1, 0.15) is 6.72 Å². The van der Waals surface area contributed by atoms with Gasteiger partial charge in [0.2, 0.25) is 5.70 Å². The molecular weight excluding hydrogens is 240 g/mol. The Morgan fingerprint density at radius 1 is 1.32 bits per heavy atom. The zero-order chi connectivity index (χ0) is 14.8. The molecule has 1 rings (SSSR count). The van der Waals surface area contributed by atoms with Gasteiger partial charge in [-0.05, 0) is 13.5 Å². The number of nitrogens with zero attached hydrogens (tertiary/aromatic N) is 2. The van der Waals surface area contributed by atoms with E-state index in [1.165, 1.54) is 0 Å². The third kappa shape index (κ3) is 1.92. The van der Waals surface area contributed by atoms with E-state index < -0.39 is 5.66 Å². The fourth-order valence-electron chi connectivity index (χ4n) is 2.70. The molecule has 0 N–H and O–H groups in total. The quantitative estimate of drug-likeness (QED) is 0.232. The van der Waals surface area contributed by atoms with Crippen LogP contribution in [0.5, 0.6) is 0 Å². The summed E-state index contributed by atoms with van der Waals surface area (Å²) in [7, 11) is 3.20. The summed E-state index contributed by atoms with van der Waals surface area (Å²) in [6.45, 7) is 19.8. The van der Waals surface area contributed by atoms with Crippen molar-refractivity contribution in [2.24, 2.45) is 0 Å². The highest BCUT2D eigenvalue weighted by molar-refractivity contribution is 5.28. The molecule has 1 aliphatic heterocycles. The normalized spacial score (nSPS) is 28.1. The van der Waals surface area contributed by atoms with E-state index >= 15 is 0 Å². The van der Waals surface area contributed by atoms with Crippen LogP contribution >= 0.6 is 0 Å². The van der Waals surface area contributed by atoms with Gasteiger partial charge in [-0.25, -0.2) is 0 Å². The van der Waals surface area contributed by atoms with Crippen molar-refractivity contribution >= 4 is 6.72 Å². The van der Waals surface area contributed by atoms with Crippen LogP contribution in [0.4, 0.5) is 0 Å². The van der Waals surface area contributed by atoms with Crippen LogP contribution in [0.15, 0.2) is 49.2 Å². The van der Waals surface area contributed by atoms with Crippen LogP contribution in [0.2, 0.25) is 0 Å². The first-order valence-electron chi connectivity index (χ1n) is 6.11. The topological polar surface area (TPSA) is 21.5 Å². The summed E-state index contributed by atoms with van der Waals surface area (Å²) in [4.78, 5) is 11.1. The fraction of sp³-hybridized carbons (Fsp3) is 0.400. The van der Waals surface area contributed by atoms with Crippen molar-refractivity contribution in [3.05, 3.63) is 49.2 Å². The second kappa shape index (κ2) is 5.25. The number of quaternary nitrogens is 1. The maximum Gasteiger partial charge on any atom is 0.413 e. The van der Waals surface area contributed by atoms with Gasteiger partial charge < -0.3 is 0 Å². The second-order valence-electron chi connectivity index (χ2n) is 4.66. The Morgan fingerprint density at radius 2 is 1.84 bits per heavy atom. The van der Waals surface area contributed by atoms with Crippen LogP contribution in [-0.4, -0.2) is 42.0 Å². The van der Waals surface area contributed by atoms with E-state index in [0.717, 1.165) is 11.3 Å². The van der Waals surface area contributed by atoms with E-state index in [1.54, 1.807) is 24.9 Å². The highest BCUT2D eigenvalue weighted by Gasteiger charge is 2.92. The highest BCUT2D eigenvalue weighted by Crippen LogP contribution is 2.55. The third-order valence-corrected chi connectivity index (χ3v) is 3.83. The molecule has 104 valence electrons. The molecule has 0 saturated carbocycles. The van der Waals surface area contributed by atoms with Crippen LogP contribution in [0.25, 0.3) is 0 Å². The van der Waals surface area contributed by atoms with Gasteiger partial charge in [0.25, 0.3) is 0 Å². The summed E-state index contributed by atoms with van der Waals surface area (Å²) >= 11 is 0. The van der Waals surface area contributed by atoms with E-state index in [1.807, 2.05) is 26.0 Å². The number of rotatable bonds is 7. The Balaban J connectivity index is 3.22. The molecule has 0 aliphatic carbocycles. The van der Waals surface area contributed by atoms with Gasteiger partial charge in [-0.2, -0.15) is 9.68 Å². The summed E-state index contributed by atoms with van der Waals surface area (Å²) < 4.78 is 1.80. The van der Waals surface area contributed by atoms with Crippen LogP contribution in [0, 0.1) is 0 Å². The molecular formula is C15H24N2O2+2. The van der Waals surface area contributed by atoms with Crippen molar-refractivity contribution in [1.82, 2.24) is 0 Å². The lowest BCUT2D eigenvalue weighted by Gasteiger charge is -2.13. The Hall–Kier alpha value is -1.49. The van der Waals surface area contributed by atoms with Crippen LogP contribution in [0.3, 0.4) is 0 Å². The highest BCUT2D eigenvalue weighted by atomic mass is 17.0. The van der Waals surface area contributed by atoms with Gasteiger partial charge in [0, 0.05) is 16.5 Å². The Kier molecular flexibility index (Phi) is 4.30. The second-order valence-corrected chi connectivity index (χ2v) is 4.66. The summed E-state index contributed by atoms with van der Waals surface area (Å²) in [6, 6.07) is -0.0977. The summed E-state index contributed by atoms with van der Waals surface area (Å²) in [5.74, 6) is 0. The average molecular weight is 264 g/mol. The first kappa shape index (κ1) is 15.6. The predicted octanol–water partition coefficient (Wildman–Crippen LogP) is 2.57. The maximum atomic E-state index is 5.56. The summed E-state index contributed by atoms with van der Waals surface area (Å²) in [6.07, 6.45) is 5.52. The molecule has 19 heavy (non-hydrogen) atoms. The van der Waals surface area contributed by atoms with Crippen molar-refractivity contribution in [2.75, 3.05) is 14.2 Å². The molecule has 0 aromatic rings. The standard InChI is InChI=1S/C15H24N2O2/c1-9-11-13(4)16(6)15(5)14(12(3)10-2)17(15,18-7)19-8/h9-11,14H,2-4,6H2,1,5,7-8H3/q+2/b11-9-. The number of allylic oxidation sites excluding steroid dienone is 2. The minimum absolute atomic E-state index is 0.0298. The largest absolute Gasteiger partial charge is 0.413 e. The number of hydroxylamine groups is 4. The monoisotopic (exact) mass is 264 g/mol. The average Bonchev–Trinajstić information content (AvgIpc) is 2.98.